The molecular formula is C21H20F4N4O. The Labute approximate surface area is 170 Å². The number of fused-ring (bicyclic) bond motifs is 1. The molecule has 2 aromatic rings. The van der Waals surface area contributed by atoms with E-state index in [2.05, 4.69) is 10.1 Å². The average molecular weight is 420 g/mol. The topological polar surface area (TPSA) is 50.5 Å². The van der Waals surface area contributed by atoms with Gasteiger partial charge in [0.1, 0.15) is 11.5 Å². The molecule has 2 unspecified atom stereocenters. The van der Waals surface area contributed by atoms with Crippen molar-refractivity contribution >= 4 is 17.3 Å². The quantitative estimate of drug-likeness (QED) is 0.644. The fraction of sp³-hybridized carbons (Fsp3) is 0.381. The molecule has 1 amide bonds. The van der Waals surface area contributed by atoms with E-state index in [9.17, 15) is 22.4 Å². The molecule has 0 saturated heterocycles. The SMILES string of the molecule is CC1=NC=CC(c2cnn3c2C(=O)N(c2ccc(F)c(C(F)(F)F)c2)C[C@@H]3C)C1C. The molecule has 3 atom stereocenters. The normalized spacial score (nSPS) is 24.1. The molecular weight excluding hydrogens is 400 g/mol. The maximum Gasteiger partial charge on any atom is 0.419 e. The summed E-state index contributed by atoms with van der Waals surface area (Å²) >= 11 is 0. The molecule has 2 aliphatic rings. The van der Waals surface area contributed by atoms with Crippen LogP contribution in [0.1, 0.15) is 54.3 Å². The van der Waals surface area contributed by atoms with Crippen LogP contribution in [0.25, 0.3) is 0 Å². The van der Waals surface area contributed by atoms with E-state index in [1.807, 2.05) is 26.8 Å². The number of carbonyl (C=O) groups is 1. The van der Waals surface area contributed by atoms with E-state index in [4.69, 9.17) is 0 Å². The van der Waals surface area contributed by atoms with Crippen molar-refractivity contribution in [2.75, 3.05) is 11.4 Å². The summed E-state index contributed by atoms with van der Waals surface area (Å²) in [7, 11) is 0. The molecule has 0 bridgehead atoms. The van der Waals surface area contributed by atoms with E-state index < -0.39 is 23.5 Å². The summed E-state index contributed by atoms with van der Waals surface area (Å²) in [5.41, 5.74) is 0.568. The first-order chi connectivity index (χ1) is 14.1. The Balaban J connectivity index is 1.77. The number of halogens is 4. The predicted molar refractivity (Wildman–Crippen MR) is 104 cm³/mol. The fourth-order valence-corrected chi connectivity index (χ4v) is 4.02. The van der Waals surface area contributed by atoms with Crippen molar-refractivity contribution in [3.63, 3.8) is 0 Å². The van der Waals surface area contributed by atoms with Crippen LogP contribution >= 0.6 is 0 Å². The van der Waals surface area contributed by atoms with Gasteiger partial charge in [0.25, 0.3) is 5.91 Å². The van der Waals surface area contributed by atoms with Crippen molar-refractivity contribution in [3.05, 3.63) is 59.3 Å². The number of carbonyl (C=O) groups excluding carboxylic acids is 1. The van der Waals surface area contributed by atoms with Gasteiger partial charge >= 0.3 is 6.18 Å². The van der Waals surface area contributed by atoms with Crippen LogP contribution in [0.3, 0.4) is 0 Å². The largest absolute Gasteiger partial charge is 0.419 e. The summed E-state index contributed by atoms with van der Waals surface area (Å²) in [5, 5.41) is 4.38. The van der Waals surface area contributed by atoms with Gasteiger partial charge in [-0.05, 0) is 32.0 Å². The van der Waals surface area contributed by atoms with Gasteiger partial charge in [-0.3, -0.25) is 14.5 Å². The van der Waals surface area contributed by atoms with Crippen molar-refractivity contribution < 1.29 is 22.4 Å². The third kappa shape index (κ3) is 3.22. The Bertz CT molecular complexity index is 1070. The van der Waals surface area contributed by atoms with Crippen LogP contribution in [0.2, 0.25) is 0 Å². The van der Waals surface area contributed by atoms with Gasteiger partial charge < -0.3 is 4.90 Å². The molecule has 3 heterocycles. The second-order valence-electron chi connectivity index (χ2n) is 7.75. The molecule has 1 aromatic carbocycles. The third-order valence-electron chi connectivity index (χ3n) is 5.83. The summed E-state index contributed by atoms with van der Waals surface area (Å²) in [6.07, 6.45) is 0.375. The number of allylic oxidation sites excluding steroid dienone is 1. The smallest absolute Gasteiger partial charge is 0.305 e. The number of rotatable bonds is 2. The first-order valence-electron chi connectivity index (χ1n) is 9.56. The molecule has 30 heavy (non-hydrogen) atoms. The van der Waals surface area contributed by atoms with Crippen molar-refractivity contribution in [3.8, 4) is 0 Å². The zero-order valence-electron chi connectivity index (χ0n) is 16.6. The van der Waals surface area contributed by atoms with Crippen molar-refractivity contribution in [2.24, 2.45) is 10.9 Å². The number of benzene rings is 1. The van der Waals surface area contributed by atoms with E-state index in [0.29, 0.717) is 17.3 Å². The van der Waals surface area contributed by atoms with E-state index in [1.54, 1.807) is 17.1 Å². The lowest BCUT2D eigenvalue weighted by Crippen LogP contribution is -2.43. The Morgan fingerprint density at radius 1 is 1.20 bits per heavy atom. The third-order valence-corrected chi connectivity index (χ3v) is 5.83. The highest BCUT2D eigenvalue weighted by Crippen LogP contribution is 2.38. The number of hydrogen-bond acceptors (Lipinski definition) is 3. The van der Waals surface area contributed by atoms with Gasteiger partial charge in [-0.25, -0.2) is 4.39 Å². The van der Waals surface area contributed by atoms with E-state index in [1.165, 1.54) is 11.0 Å². The van der Waals surface area contributed by atoms with Gasteiger partial charge in [0, 0.05) is 41.5 Å². The maximum absolute atomic E-state index is 13.7. The highest BCUT2D eigenvalue weighted by Gasteiger charge is 2.39. The Morgan fingerprint density at radius 2 is 1.93 bits per heavy atom. The zero-order valence-corrected chi connectivity index (χ0v) is 16.6. The molecule has 0 spiro atoms. The minimum atomic E-state index is -4.85. The number of hydrogen-bond donors (Lipinski definition) is 0. The Hall–Kier alpha value is -2.97. The van der Waals surface area contributed by atoms with Crippen molar-refractivity contribution in [1.29, 1.82) is 0 Å². The lowest BCUT2D eigenvalue weighted by Gasteiger charge is -2.34. The molecule has 1 aromatic heterocycles. The standard InChI is InChI=1S/C21H20F4N4O/c1-11-10-28(14-4-5-18(22)17(8-14)21(23,24)25)20(30)19-16(9-27-29(11)19)15-6-7-26-13(3)12(15)2/h4-9,11-12,15H,10H2,1-3H3/t11-,12?,15?/m0/s1. The molecule has 2 aliphatic heterocycles. The zero-order chi connectivity index (χ0) is 21.8. The van der Waals surface area contributed by atoms with Crippen LogP contribution in [0.4, 0.5) is 23.2 Å². The minimum Gasteiger partial charge on any atom is -0.305 e. The minimum absolute atomic E-state index is 0.00366. The predicted octanol–water partition coefficient (Wildman–Crippen LogP) is 4.97. The average Bonchev–Trinajstić information content (AvgIpc) is 3.12. The molecule has 0 N–H and O–H groups in total. The number of alkyl halides is 3. The maximum atomic E-state index is 13.7. The van der Waals surface area contributed by atoms with Crippen LogP contribution in [0.5, 0.6) is 0 Å². The lowest BCUT2D eigenvalue weighted by atomic mass is 9.83. The number of aromatic nitrogens is 2. The van der Waals surface area contributed by atoms with Crippen LogP contribution in [0, 0.1) is 11.7 Å². The van der Waals surface area contributed by atoms with Gasteiger partial charge in [-0.2, -0.15) is 18.3 Å². The Morgan fingerprint density at radius 3 is 2.63 bits per heavy atom. The van der Waals surface area contributed by atoms with Gasteiger partial charge in [-0.15, -0.1) is 0 Å². The van der Waals surface area contributed by atoms with Crippen LogP contribution in [-0.4, -0.2) is 27.9 Å². The molecule has 0 fully saturated rings. The number of amides is 1. The van der Waals surface area contributed by atoms with E-state index in [0.717, 1.165) is 11.8 Å². The lowest BCUT2D eigenvalue weighted by molar-refractivity contribution is -0.139. The van der Waals surface area contributed by atoms with Crippen LogP contribution < -0.4 is 4.90 Å². The second kappa shape index (κ2) is 7.07. The molecule has 0 radical (unpaired) electrons. The first-order valence-corrected chi connectivity index (χ1v) is 9.56. The Kier molecular flexibility index (Phi) is 4.79. The molecule has 5 nitrogen and oxygen atoms in total. The molecule has 158 valence electrons. The summed E-state index contributed by atoms with van der Waals surface area (Å²) < 4.78 is 54.8. The van der Waals surface area contributed by atoms with Crippen molar-refractivity contribution in [1.82, 2.24) is 9.78 Å². The van der Waals surface area contributed by atoms with Gasteiger partial charge in [0.15, 0.2) is 0 Å². The molecule has 0 saturated carbocycles. The number of anilines is 1. The monoisotopic (exact) mass is 420 g/mol. The summed E-state index contributed by atoms with van der Waals surface area (Å²) in [6, 6.07) is 2.37. The summed E-state index contributed by atoms with van der Waals surface area (Å²) in [6.45, 7) is 5.87. The number of aliphatic imine (C=N–C) groups is 1. The van der Waals surface area contributed by atoms with Gasteiger partial charge in [0.05, 0.1) is 17.8 Å². The van der Waals surface area contributed by atoms with Crippen LogP contribution in [-0.2, 0) is 6.18 Å². The fourth-order valence-electron chi connectivity index (χ4n) is 4.02. The highest BCUT2D eigenvalue weighted by molar-refractivity contribution is 6.07. The molecule has 9 heteroatoms. The summed E-state index contributed by atoms with van der Waals surface area (Å²) in [4.78, 5) is 18.9. The van der Waals surface area contributed by atoms with Crippen molar-refractivity contribution in [2.45, 2.75) is 38.9 Å². The van der Waals surface area contributed by atoms with E-state index in [-0.39, 0.29) is 30.1 Å². The van der Waals surface area contributed by atoms with Gasteiger partial charge in [-0.1, -0.05) is 13.0 Å². The van der Waals surface area contributed by atoms with Gasteiger partial charge in [0.2, 0.25) is 0 Å². The molecule has 4 rings (SSSR count). The molecule has 0 aliphatic carbocycles. The number of nitrogens with zero attached hydrogens (tertiary/aromatic N) is 4. The van der Waals surface area contributed by atoms with Crippen LogP contribution in [0.15, 0.2) is 41.7 Å². The highest BCUT2D eigenvalue weighted by atomic mass is 19.4. The first kappa shape index (κ1) is 20.3. The second-order valence-corrected chi connectivity index (χ2v) is 7.75. The van der Waals surface area contributed by atoms with E-state index >= 15 is 0 Å². The summed E-state index contributed by atoms with van der Waals surface area (Å²) in [5.74, 6) is -1.90.